The van der Waals surface area contributed by atoms with Crippen molar-refractivity contribution in [3.05, 3.63) is 49.2 Å². The minimum atomic E-state index is -0.00713. The van der Waals surface area contributed by atoms with Crippen LogP contribution in [0, 0.1) is 0 Å². The highest BCUT2D eigenvalue weighted by Crippen LogP contribution is 2.19. The van der Waals surface area contributed by atoms with Gasteiger partial charge in [-0.1, -0.05) is 13.8 Å². The average Bonchev–Trinajstić information content (AvgIpc) is 2.72. The molecule has 0 N–H and O–H groups in total. The molecule has 0 aliphatic heterocycles. The standard InChI is InChI=1S/C12H13BrN2OS/c1-8(2)12-14-10(7-17-12)6-15-5-9(13)3-4-11(15)16/h3-5,7-8H,6H2,1-2H3. The number of nitrogens with zero attached hydrogens (tertiary/aromatic N) is 2. The van der Waals surface area contributed by atoms with Crippen molar-refractivity contribution in [2.24, 2.45) is 0 Å². The first kappa shape index (κ1) is 12.5. The third-order valence-electron chi connectivity index (χ3n) is 2.34. The molecule has 90 valence electrons. The SMILES string of the molecule is CC(C)c1nc(Cn2cc(Br)ccc2=O)cs1. The van der Waals surface area contributed by atoms with Crippen molar-refractivity contribution in [2.45, 2.75) is 26.3 Å². The van der Waals surface area contributed by atoms with E-state index in [2.05, 4.69) is 34.8 Å². The lowest BCUT2D eigenvalue weighted by molar-refractivity contribution is 0.731. The Kier molecular flexibility index (Phi) is 3.79. The summed E-state index contributed by atoms with van der Waals surface area (Å²) in [5, 5.41) is 3.13. The molecule has 0 aliphatic rings. The Morgan fingerprint density at radius 2 is 2.24 bits per heavy atom. The van der Waals surface area contributed by atoms with Gasteiger partial charge in [0.15, 0.2) is 0 Å². The van der Waals surface area contributed by atoms with Crippen LogP contribution < -0.4 is 5.56 Å². The van der Waals surface area contributed by atoms with Crippen molar-refractivity contribution in [3.8, 4) is 0 Å². The van der Waals surface area contributed by atoms with Crippen LogP contribution >= 0.6 is 27.3 Å². The highest BCUT2D eigenvalue weighted by atomic mass is 79.9. The summed E-state index contributed by atoms with van der Waals surface area (Å²) >= 11 is 5.01. The summed E-state index contributed by atoms with van der Waals surface area (Å²) in [7, 11) is 0. The van der Waals surface area contributed by atoms with Gasteiger partial charge in [-0.05, 0) is 22.0 Å². The summed E-state index contributed by atoms with van der Waals surface area (Å²) in [6.45, 7) is 4.77. The van der Waals surface area contributed by atoms with Gasteiger partial charge in [0, 0.05) is 28.0 Å². The molecule has 0 bridgehead atoms. The molecule has 2 rings (SSSR count). The topological polar surface area (TPSA) is 34.9 Å². The lowest BCUT2D eigenvalue weighted by Crippen LogP contribution is -2.18. The second-order valence-corrected chi connectivity index (χ2v) is 5.95. The predicted molar refractivity (Wildman–Crippen MR) is 73.7 cm³/mol. The summed E-state index contributed by atoms with van der Waals surface area (Å²) in [5.41, 5.74) is 0.936. The lowest BCUT2D eigenvalue weighted by atomic mass is 10.2. The van der Waals surface area contributed by atoms with Gasteiger partial charge in [-0.3, -0.25) is 4.79 Å². The zero-order valence-corrected chi connectivity index (χ0v) is 12.1. The van der Waals surface area contributed by atoms with Gasteiger partial charge in [0.05, 0.1) is 17.2 Å². The first-order valence-electron chi connectivity index (χ1n) is 5.36. The van der Waals surface area contributed by atoms with E-state index in [1.54, 1.807) is 34.2 Å². The Balaban J connectivity index is 2.25. The minimum absolute atomic E-state index is 0.00713. The molecule has 3 nitrogen and oxygen atoms in total. The molecular weight excluding hydrogens is 300 g/mol. The van der Waals surface area contributed by atoms with E-state index in [1.807, 2.05) is 5.38 Å². The molecule has 0 saturated carbocycles. The Morgan fingerprint density at radius 1 is 1.47 bits per heavy atom. The van der Waals surface area contributed by atoms with Gasteiger partial charge in [0.2, 0.25) is 0 Å². The van der Waals surface area contributed by atoms with Gasteiger partial charge in [0.1, 0.15) is 0 Å². The van der Waals surface area contributed by atoms with E-state index in [0.29, 0.717) is 12.5 Å². The molecule has 17 heavy (non-hydrogen) atoms. The number of halogens is 1. The van der Waals surface area contributed by atoms with Crippen LogP contribution in [0.5, 0.6) is 0 Å². The van der Waals surface area contributed by atoms with E-state index in [1.165, 1.54) is 0 Å². The van der Waals surface area contributed by atoms with Crippen molar-refractivity contribution in [2.75, 3.05) is 0 Å². The van der Waals surface area contributed by atoms with Crippen molar-refractivity contribution in [3.63, 3.8) is 0 Å². The molecular formula is C12H13BrN2OS. The van der Waals surface area contributed by atoms with Crippen LogP contribution in [0.15, 0.2) is 33.0 Å². The van der Waals surface area contributed by atoms with Crippen LogP contribution in [0.3, 0.4) is 0 Å². The van der Waals surface area contributed by atoms with Gasteiger partial charge in [-0.15, -0.1) is 11.3 Å². The number of rotatable bonds is 3. The maximum Gasteiger partial charge on any atom is 0.250 e. The van der Waals surface area contributed by atoms with Gasteiger partial charge < -0.3 is 4.57 Å². The molecule has 2 aromatic rings. The number of pyridine rings is 1. The average molecular weight is 313 g/mol. The van der Waals surface area contributed by atoms with Crippen LogP contribution in [-0.4, -0.2) is 9.55 Å². The first-order valence-corrected chi connectivity index (χ1v) is 7.04. The van der Waals surface area contributed by atoms with Crippen molar-refractivity contribution < 1.29 is 0 Å². The van der Waals surface area contributed by atoms with E-state index in [9.17, 15) is 4.79 Å². The maximum atomic E-state index is 11.6. The quantitative estimate of drug-likeness (QED) is 0.872. The molecule has 0 amide bonds. The van der Waals surface area contributed by atoms with E-state index >= 15 is 0 Å². The van der Waals surface area contributed by atoms with E-state index in [4.69, 9.17) is 0 Å². The number of aromatic nitrogens is 2. The zero-order chi connectivity index (χ0) is 12.4. The predicted octanol–water partition coefficient (Wildman–Crippen LogP) is 3.24. The number of hydrogen-bond acceptors (Lipinski definition) is 3. The van der Waals surface area contributed by atoms with Gasteiger partial charge >= 0.3 is 0 Å². The fourth-order valence-corrected chi connectivity index (χ4v) is 2.67. The van der Waals surface area contributed by atoms with Gasteiger partial charge in [-0.2, -0.15) is 0 Å². The summed E-state index contributed by atoms with van der Waals surface area (Å²) < 4.78 is 2.56. The molecule has 0 fully saturated rings. The molecule has 0 spiro atoms. The van der Waals surface area contributed by atoms with Gasteiger partial charge in [-0.25, -0.2) is 4.98 Å². The molecule has 0 aliphatic carbocycles. The van der Waals surface area contributed by atoms with Crippen LogP contribution in [0.1, 0.15) is 30.5 Å². The van der Waals surface area contributed by atoms with E-state index in [-0.39, 0.29) is 5.56 Å². The Morgan fingerprint density at radius 3 is 2.88 bits per heavy atom. The molecule has 0 aromatic carbocycles. The molecule has 0 atom stereocenters. The smallest absolute Gasteiger partial charge is 0.250 e. The van der Waals surface area contributed by atoms with Crippen LogP contribution in [0.25, 0.3) is 0 Å². The maximum absolute atomic E-state index is 11.6. The fourth-order valence-electron chi connectivity index (χ4n) is 1.46. The lowest BCUT2D eigenvalue weighted by Gasteiger charge is -2.03. The molecule has 0 saturated heterocycles. The van der Waals surface area contributed by atoms with E-state index < -0.39 is 0 Å². The monoisotopic (exact) mass is 312 g/mol. The Labute approximate surface area is 112 Å². The fraction of sp³-hybridized carbons (Fsp3) is 0.333. The number of thiazole rings is 1. The minimum Gasteiger partial charge on any atom is -0.308 e. The van der Waals surface area contributed by atoms with Crippen LogP contribution in [0.4, 0.5) is 0 Å². The molecule has 5 heteroatoms. The van der Waals surface area contributed by atoms with Crippen LogP contribution in [0.2, 0.25) is 0 Å². The normalized spacial score (nSPS) is 11.1. The van der Waals surface area contributed by atoms with Crippen molar-refractivity contribution >= 4 is 27.3 Å². The van der Waals surface area contributed by atoms with E-state index in [0.717, 1.165) is 15.2 Å². The Bertz CT molecular complexity index is 574. The molecule has 2 aromatic heterocycles. The third-order valence-corrected chi connectivity index (χ3v) is 4.01. The summed E-state index contributed by atoms with van der Waals surface area (Å²) in [6.07, 6.45) is 1.79. The highest BCUT2D eigenvalue weighted by molar-refractivity contribution is 9.10. The summed E-state index contributed by atoms with van der Waals surface area (Å²) in [4.78, 5) is 16.2. The Hall–Kier alpha value is -0.940. The van der Waals surface area contributed by atoms with Crippen LogP contribution in [-0.2, 0) is 6.54 Å². The first-order chi connectivity index (χ1) is 8.06. The molecule has 2 heterocycles. The molecule has 0 radical (unpaired) electrons. The van der Waals surface area contributed by atoms with Crippen molar-refractivity contribution in [1.29, 1.82) is 0 Å². The number of hydrogen-bond donors (Lipinski definition) is 0. The zero-order valence-electron chi connectivity index (χ0n) is 9.68. The summed E-state index contributed by atoms with van der Waals surface area (Å²) in [5.74, 6) is 0.438. The molecule has 0 unspecified atom stereocenters. The largest absolute Gasteiger partial charge is 0.308 e. The second kappa shape index (κ2) is 5.14. The van der Waals surface area contributed by atoms with Crippen molar-refractivity contribution in [1.82, 2.24) is 9.55 Å². The van der Waals surface area contributed by atoms with Gasteiger partial charge in [0.25, 0.3) is 5.56 Å². The summed E-state index contributed by atoms with van der Waals surface area (Å²) in [6, 6.07) is 3.30. The third kappa shape index (κ3) is 3.04. The highest BCUT2D eigenvalue weighted by Gasteiger charge is 2.07. The second-order valence-electron chi connectivity index (χ2n) is 4.15.